The molecule has 0 aliphatic carbocycles. The smallest absolute Gasteiger partial charge is 0.130 e. The summed E-state index contributed by atoms with van der Waals surface area (Å²) in [6.07, 6.45) is 0.860. The van der Waals surface area contributed by atoms with Gasteiger partial charge in [-0.25, -0.2) is 8.78 Å². The normalized spacial score (nSPS) is 13.8. The van der Waals surface area contributed by atoms with Gasteiger partial charge in [0.2, 0.25) is 0 Å². The molecule has 124 valence electrons. The molecule has 2 heterocycles. The monoisotopic (exact) mass is 344 g/mol. The molecule has 0 fully saturated rings. The van der Waals surface area contributed by atoms with Crippen molar-refractivity contribution in [3.05, 3.63) is 61.9 Å². The first-order chi connectivity index (χ1) is 12.6. The van der Waals surface area contributed by atoms with Gasteiger partial charge in [-0.15, -0.1) is 0 Å². The van der Waals surface area contributed by atoms with Gasteiger partial charge in [0.25, 0.3) is 0 Å². The van der Waals surface area contributed by atoms with E-state index in [4.69, 9.17) is 7.74 Å². The summed E-state index contributed by atoms with van der Waals surface area (Å²) in [5.41, 5.74) is 2.23. The highest BCUT2D eigenvalue weighted by molar-refractivity contribution is 7.27. The highest BCUT2D eigenvalue weighted by atomic mass is 19.1. The number of hydrogen-bond donors (Lipinski definition) is 0. The second kappa shape index (κ2) is 6.78. The Morgan fingerprint density at radius 2 is 1.50 bits per heavy atom. The van der Waals surface area contributed by atoms with Crippen molar-refractivity contribution < 1.29 is 8.78 Å². The Labute approximate surface area is 151 Å². The first kappa shape index (κ1) is 17.1. The van der Waals surface area contributed by atoms with Gasteiger partial charge < -0.3 is 0 Å². The zero-order chi connectivity index (χ0) is 18.3. The Balaban J connectivity index is 1.87. The SMILES string of the molecule is [B][B][B]c1c(F)cc(Cc2cc(F)c(CC)c3c2=NCN=3)c2c1=NCN=2. The third kappa shape index (κ3) is 2.70. The summed E-state index contributed by atoms with van der Waals surface area (Å²) in [7, 11) is 8.16. The average Bonchev–Trinajstić information content (AvgIpc) is 3.28. The zero-order valence-corrected chi connectivity index (χ0v) is 14.3. The largest absolute Gasteiger partial charge is 0.260 e. The van der Waals surface area contributed by atoms with Crippen molar-refractivity contribution in [2.24, 2.45) is 20.0 Å². The lowest BCUT2D eigenvalue weighted by Crippen LogP contribution is -2.47. The van der Waals surface area contributed by atoms with Crippen LogP contribution in [-0.4, -0.2) is 35.3 Å². The van der Waals surface area contributed by atoms with Crippen LogP contribution in [0.15, 0.2) is 32.1 Å². The van der Waals surface area contributed by atoms with Gasteiger partial charge in [-0.3, -0.25) is 20.0 Å². The van der Waals surface area contributed by atoms with E-state index in [0.29, 0.717) is 63.1 Å². The molecule has 9 heteroatoms. The maximum absolute atomic E-state index is 14.5. The minimum atomic E-state index is -0.426. The Morgan fingerprint density at radius 1 is 0.923 bits per heavy atom. The van der Waals surface area contributed by atoms with Crippen LogP contribution < -0.4 is 26.9 Å². The van der Waals surface area contributed by atoms with Crippen molar-refractivity contribution in [2.75, 3.05) is 13.3 Å². The van der Waals surface area contributed by atoms with Crippen LogP contribution in [0.5, 0.6) is 0 Å². The van der Waals surface area contributed by atoms with Gasteiger partial charge in [0.15, 0.2) is 0 Å². The van der Waals surface area contributed by atoms with E-state index in [1.165, 1.54) is 26.4 Å². The molecule has 2 aromatic carbocycles. The van der Waals surface area contributed by atoms with Crippen molar-refractivity contribution in [1.82, 2.24) is 0 Å². The fraction of sp³-hybridized carbons (Fsp3) is 0.294. The van der Waals surface area contributed by atoms with Crippen LogP contribution in [0, 0.1) is 11.6 Å². The van der Waals surface area contributed by atoms with E-state index in [1.54, 1.807) is 0 Å². The second-order valence-electron chi connectivity index (χ2n) is 6.13. The summed E-state index contributed by atoms with van der Waals surface area (Å²) in [5, 5.41) is 2.43. The number of hydrogen-bond acceptors (Lipinski definition) is 4. The first-order valence-electron chi connectivity index (χ1n) is 8.42. The maximum atomic E-state index is 14.5. The molecular weight excluding hydrogens is 331 g/mol. The average molecular weight is 344 g/mol. The third-order valence-corrected chi connectivity index (χ3v) is 4.66. The van der Waals surface area contributed by atoms with E-state index in [-0.39, 0.29) is 12.5 Å². The highest BCUT2D eigenvalue weighted by Crippen LogP contribution is 2.09. The number of halogens is 2. The lowest BCUT2D eigenvalue weighted by Gasteiger charge is -2.08. The van der Waals surface area contributed by atoms with E-state index in [1.807, 2.05) is 6.92 Å². The van der Waals surface area contributed by atoms with E-state index in [2.05, 4.69) is 20.0 Å². The van der Waals surface area contributed by atoms with Gasteiger partial charge in [0, 0.05) is 26.8 Å². The highest BCUT2D eigenvalue weighted by Gasteiger charge is 2.17. The molecule has 2 aliphatic rings. The predicted molar refractivity (Wildman–Crippen MR) is 96.2 cm³/mol. The zero-order valence-electron chi connectivity index (χ0n) is 14.3. The predicted octanol–water partition coefficient (Wildman–Crippen LogP) is -1.43. The Hall–Kier alpha value is -2.31. The summed E-state index contributed by atoms with van der Waals surface area (Å²) in [5.74, 6) is -0.728. The number of rotatable bonds is 5. The Bertz CT molecular complexity index is 1150. The van der Waals surface area contributed by atoms with E-state index >= 15 is 0 Å². The fourth-order valence-corrected chi connectivity index (χ4v) is 3.51. The maximum Gasteiger partial charge on any atom is 0.130 e. The van der Waals surface area contributed by atoms with Gasteiger partial charge in [0.1, 0.15) is 32.1 Å². The van der Waals surface area contributed by atoms with Crippen LogP contribution in [0.3, 0.4) is 0 Å². The molecule has 0 unspecified atom stereocenters. The van der Waals surface area contributed by atoms with Crippen LogP contribution in [0.25, 0.3) is 0 Å². The topological polar surface area (TPSA) is 49.4 Å². The molecule has 0 N–H and O–H groups in total. The third-order valence-electron chi connectivity index (χ3n) is 4.66. The Morgan fingerprint density at radius 3 is 2.15 bits per heavy atom. The number of fused-ring (bicyclic) bond motifs is 2. The van der Waals surface area contributed by atoms with Gasteiger partial charge in [0.05, 0.1) is 21.4 Å². The van der Waals surface area contributed by atoms with Gasteiger partial charge in [-0.2, -0.15) is 0 Å². The van der Waals surface area contributed by atoms with Crippen molar-refractivity contribution >= 4 is 27.4 Å². The number of nitrogens with zero attached hydrogens (tertiary/aromatic N) is 4. The summed E-state index contributed by atoms with van der Waals surface area (Å²) < 4.78 is 29.0. The summed E-state index contributed by atoms with van der Waals surface area (Å²) in [6.45, 7) is 2.43. The molecule has 0 bridgehead atoms. The molecule has 0 atom stereocenters. The fourth-order valence-electron chi connectivity index (χ4n) is 3.51. The van der Waals surface area contributed by atoms with E-state index in [0.717, 1.165) is 0 Å². The summed E-state index contributed by atoms with van der Waals surface area (Å²) in [4.78, 5) is 17.4. The first-order valence-corrected chi connectivity index (χ1v) is 8.42. The lowest BCUT2D eigenvalue weighted by molar-refractivity contribution is 0.605. The van der Waals surface area contributed by atoms with Gasteiger partial charge in [-0.1, -0.05) is 6.92 Å². The second-order valence-corrected chi connectivity index (χ2v) is 6.13. The minimum Gasteiger partial charge on any atom is -0.260 e. The van der Waals surface area contributed by atoms with Crippen molar-refractivity contribution in [3.63, 3.8) is 0 Å². The van der Waals surface area contributed by atoms with Crippen LogP contribution in [0.4, 0.5) is 8.78 Å². The summed E-state index contributed by atoms with van der Waals surface area (Å²) >= 11 is 0. The molecule has 2 aliphatic heterocycles. The number of benzene rings is 2. The molecule has 0 aromatic heterocycles. The van der Waals surface area contributed by atoms with Crippen molar-refractivity contribution in [1.29, 1.82) is 0 Å². The Kier molecular flexibility index (Phi) is 4.47. The van der Waals surface area contributed by atoms with Gasteiger partial charge >= 0.3 is 0 Å². The molecule has 4 rings (SSSR count). The molecule has 2 aromatic rings. The summed E-state index contributed by atoms with van der Waals surface area (Å²) in [6, 6.07) is 2.90. The van der Waals surface area contributed by atoms with E-state index in [9.17, 15) is 8.78 Å². The van der Waals surface area contributed by atoms with Crippen LogP contribution in [0.1, 0.15) is 23.6 Å². The quantitative estimate of drug-likeness (QED) is 0.598. The molecule has 0 spiro atoms. The molecule has 0 saturated carbocycles. The van der Waals surface area contributed by atoms with Crippen LogP contribution in [0.2, 0.25) is 0 Å². The molecule has 4 radical (unpaired) electrons. The lowest BCUT2D eigenvalue weighted by atomic mass is 9.26. The van der Waals surface area contributed by atoms with Crippen molar-refractivity contribution in [3.8, 4) is 0 Å². The molecule has 26 heavy (non-hydrogen) atoms. The molecule has 0 saturated heterocycles. The van der Waals surface area contributed by atoms with E-state index < -0.39 is 5.82 Å². The standard InChI is InChI=1S/C17H13B3F2N4/c1-2-10-11(21)4-8(14-16(10)25-6-23-14)3-9-5-12(22)13(19-20-18)17-15(9)24-7-26-17/h4-5H,2-3,6-7H2,1H3. The molecule has 4 nitrogen and oxygen atoms in total. The molecular formula is C17H13B3F2N4. The van der Waals surface area contributed by atoms with Crippen molar-refractivity contribution in [2.45, 2.75) is 19.8 Å². The minimum absolute atomic E-state index is 0.248. The van der Waals surface area contributed by atoms with Crippen LogP contribution in [-0.2, 0) is 12.8 Å². The molecule has 0 amide bonds. The van der Waals surface area contributed by atoms with Crippen LogP contribution >= 0.6 is 0 Å². The van der Waals surface area contributed by atoms with Gasteiger partial charge in [-0.05, 0) is 35.1 Å².